The topological polar surface area (TPSA) is 85.9 Å². The standard InChI is InChI=1S/C22H27ClN2O5/c1-22(2)8-7-14-15-11-17(30-10-4-9-29-3)20(23)25(28)18(15)16-6-5-13(21(26)27)12-24(16)19(14)22/h6,11-12,14,19H,4-5,7-10H2,1-3H3,(H,26,27). The zero-order valence-corrected chi connectivity index (χ0v) is 18.2. The van der Waals surface area contributed by atoms with E-state index in [4.69, 9.17) is 21.1 Å². The fraction of sp³-hybridized carbons (Fsp3) is 0.545. The van der Waals surface area contributed by atoms with Crippen molar-refractivity contribution in [3.8, 4) is 5.75 Å². The minimum Gasteiger partial charge on any atom is -0.617 e. The zero-order valence-electron chi connectivity index (χ0n) is 17.5. The number of methoxy groups -OCH3 is 1. The van der Waals surface area contributed by atoms with E-state index < -0.39 is 5.97 Å². The van der Waals surface area contributed by atoms with E-state index in [2.05, 4.69) is 13.8 Å². The monoisotopic (exact) mass is 434 g/mol. The van der Waals surface area contributed by atoms with Crippen LogP contribution in [0.25, 0.3) is 5.70 Å². The molecule has 1 N–H and O–H groups in total. The fourth-order valence-electron chi connectivity index (χ4n) is 5.07. The maximum atomic E-state index is 13.2. The Kier molecular flexibility index (Phi) is 5.45. The summed E-state index contributed by atoms with van der Waals surface area (Å²) in [6.07, 6.45) is 6.39. The second kappa shape index (κ2) is 7.78. The highest BCUT2D eigenvalue weighted by molar-refractivity contribution is 6.30. The summed E-state index contributed by atoms with van der Waals surface area (Å²) in [5, 5.41) is 22.7. The molecule has 3 aliphatic rings. The number of aliphatic carboxylic acids is 1. The van der Waals surface area contributed by atoms with E-state index in [1.165, 1.54) is 0 Å². The van der Waals surface area contributed by atoms with Gasteiger partial charge in [-0.25, -0.2) is 4.79 Å². The lowest BCUT2D eigenvalue weighted by Crippen LogP contribution is -2.49. The number of carboxylic acid groups (broad SMARTS) is 1. The molecule has 0 spiro atoms. The summed E-state index contributed by atoms with van der Waals surface area (Å²) < 4.78 is 11.6. The van der Waals surface area contributed by atoms with Gasteiger partial charge in [0.2, 0.25) is 11.4 Å². The average molecular weight is 435 g/mol. The number of halogens is 1. The Morgan fingerprint density at radius 1 is 1.43 bits per heavy atom. The van der Waals surface area contributed by atoms with Gasteiger partial charge in [-0.2, -0.15) is 0 Å². The summed E-state index contributed by atoms with van der Waals surface area (Å²) in [4.78, 5) is 13.6. The van der Waals surface area contributed by atoms with Crippen molar-refractivity contribution >= 4 is 23.3 Å². The maximum absolute atomic E-state index is 13.2. The summed E-state index contributed by atoms with van der Waals surface area (Å²) in [7, 11) is 1.63. The molecule has 1 fully saturated rings. The second-order valence-corrected chi connectivity index (χ2v) is 9.19. The van der Waals surface area contributed by atoms with Gasteiger partial charge >= 0.3 is 11.1 Å². The molecular weight excluding hydrogens is 408 g/mol. The molecule has 7 nitrogen and oxygen atoms in total. The summed E-state index contributed by atoms with van der Waals surface area (Å²) in [6.45, 7) is 5.38. The lowest BCUT2D eigenvalue weighted by molar-refractivity contribution is -0.607. The van der Waals surface area contributed by atoms with Crippen LogP contribution >= 0.6 is 11.6 Å². The number of fused-ring (bicyclic) bond motifs is 6. The molecule has 2 atom stereocenters. The molecule has 0 amide bonds. The van der Waals surface area contributed by atoms with Crippen molar-refractivity contribution < 1.29 is 24.1 Å². The third-order valence-electron chi connectivity index (χ3n) is 6.48. The van der Waals surface area contributed by atoms with Crippen LogP contribution in [0.3, 0.4) is 0 Å². The molecule has 2 unspecified atom stereocenters. The van der Waals surface area contributed by atoms with Crippen molar-refractivity contribution in [2.24, 2.45) is 5.41 Å². The van der Waals surface area contributed by atoms with E-state index in [-0.39, 0.29) is 28.9 Å². The lowest BCUT2D eigenvalue weighted by atomic mass is 9.77. The highest BCUT2D eigenvalue weighted by Gasteiger charge is 2.53. The Balaban J connectivity index is 1.81. The number of ether oxygens (including phenoxy) is 2. The van der Waals surface area contributed by atoms with Crippen LogP contribution in [-0.4, -0.2) is 42.3 Å². The maximum Gasteiger partial charge on any atom is 0.333 e. The minimum absolute atomic E-state index is 0.00395. The molecular formula is C22H27ClN2O5. The second-order valence-electron chi connectivity index (χ2n) is 8.83. The van der Waals surface area contributed by atoms with Crippen LogP contribution in [0.1, 0.15) is 56.7 Å². The SMILES string of the molecule is COCCCOc1cc2c([n+]([O-])c1Cl)C1=CCC(C(=O)O)=CN1C1C2CCC1(C)C. The number of aromatic nitrogens is 1. The van der Waals surface area contributed by atoms with Crippen LogP contribution in [-0.2, 0) is 9.53 Å². The first-order valence-corrected chi connectivity index (χ1v) is 10.6. The molecule has 3 heterocycles. The first kappa shape index (κ1) is 21.0. The van der Waals surface area contributed by atoms with Crippen LogP contribution in [0.5, 0.6) is 5.75 Å². The number of hydrogen-bond donors (Lipinski definition) is 1. The molecule has 1 aliphatic carbocycles. The predicted octanol–water partition coefficient (Wildman–Crippen LogP) is 3.69. The van der Waals surface area contributed by atoms with Gasteiger partial charge in [0.25, 0.3) is 0 Å². The number of rotatable bonds is 6. The number of allylic oxidation sites excluding steroid dienone is 1. The fourth-order valence-corrected chi connectivity index (χ4v) is 5.27. The zero-order chi connectivity index (χ0) is 21.6. The van der Waals surface area contributed by atoms with Crippen LogP contribution in [0.4, 0.5) is 0 Å². The van der Waals surface area contributed by atoms with Gasteiger partial charge in [0, 0.05) is 50.3 Å². The van der Waals surface area contributed by atoms with Gasteiger partial charge < -0.3 is 24.7 Å². The molecule has 4 rings (SSSR count). The largest absolute Gasteiger partial charge is 0.617 e. The van der Waals surface area contributed by atoms with Gasteiger partial charge in [-0.05, 0) is 42.0 Å². The summed E-state index contributed by atoms with van der Waals surface area (Å²) in [5.74, 6) is -0.455. The van der Waals surface area contributed by atoms with E-state index in [0.29, 0.717) is 36.7 Å². The molecule has 0 aromatic carbocycles. The Bertz CT molecular complexity index is 940. The highest BCUT2D eigenvalue weighted by Crippen LogP contribution is 2.56. The van der Waals surface area contributed by atoms with Gasteiger partial charge in [0.15, 0.2) is 0 Å². The number of carbonyl (C=O) groups is 1. The Morgan fingerprint density at radius 3 is 2.90 bits per heavy atom. The van der Waals surface area contributed by atoms with E-state index >= 15 is 0 Å². The van der Waals surface area contributed by atoms with Crippen molar-refractivity contribution in [3.63, 3.8) is 0 Å². The third kappa shape index (κ3) is 3.34. The Labute approximate surface area is 181 Å². The van der Waals surface area contributed by atoms with Crippen molar-refractivity contribution in [1.82, 2.24) is 4.90 Å². The first-order chi connectivity index (χ1) is 14.3. The van der Waals surface area contributed by atoms with E-state index in [1.54, 1.807) is 13.3 Å². The smallest absolute Gasteiger partial charge is 0.333 e. The minimum atomic E-state index is -0.934. The third-order valence-corrected chi connectivity index (χ3v) is 6.82. The van der Waals surface area contributed by atoms with Crippen LogP contribution in [0, 0.1) is 10.6 Å². The van der Waals surface area contributed by atoms with Gasteiger partial charge in [0.05, 0.1) is 12.2 Å². The summed E-state index contributed by atoms with van der Waals surface area (Å²) >= 11 is 6.39. The lowest BCUT2D eigenvalue weighted by Gasteiger charge is -2.45. The van der Waals surface area contributed by atoms with Crippen molar-refractivity contribution in [3.05, 3.63) is 45.5 Å². The van der Waals surface area contributed by atoms with Gasteiger partial charge in [0.1, 0.15) is 5.70 Å². The molecule has 1 aromatic rings. The molecule has 2 aliphatic heterocycles. The summed E-state index contributed by atoms with van der Waals surface area (Å²) in [5.41, 5.74) is 2.45. The normalized spacial score (nSPS) is 23.8. The molecule has 8 heteroatoms. The molecule has 0 radical (unpaired) electrons. The molecule has 1 aromatic heterocycles. The number of nitrogens with zero attached hydrogens (tertiary/aromatic N) is 2. The average Bonchev–Trinajstić information content (AvgIpc) is 3.03. The van der Waals surface area contributed by atoms with Gasteiger partial charge in [-0.15, -0.1) is 4.73 Å². The van der Waals surface area contributed by atoms with Gasteiger partial charge in [-0.1, -0.05) is 13.8 Å². The highest BCUT2D eigenvalue weighted by atomic mass is 35.5. The van der Waals surface area contributed by atoms with Crippen molar-refractivity contribution in [1.29, 1.82) is 0 Å². The Morgan fingerprint density at radius 2 is 2.20 bits per heavy atom. The van der Waals surface area contributed by atoms with Crippen LogP contribution in [0.2, 0.25) is 5.15 Å². The van der Waals surface area contributed by atoms with Crippen molar-refractivity contribution in [2.75, 3.05) is 20.3 Å². The van der Waals surface area contributed by atoms with Crippen LogP contribution in [0.15, 0.2) is 23.9 Å². The first-order valence-electron chi connectivity index (χ1n) is 10.3. The van der Waals surface area contributed by atoms with E-state index in [0.717, 1.165) is 28.8 Å². The Hall–Kier alpha value is -2.25. The van der Waals surface area contributed by atoms with Gasteiger partial charge in [-0.3, -0.25) is 0 Å². The summed E-state index contributed by atoms with van der Waals surface area (Å²) in [6, 6.07) is 1.97. The molecule has 0 saturated heterocycles. The van der Waals surface area contributed by atoms with E-state index in [9.17, 15) is 15.1 Å². The molecule has 1 saturated carbocycles. The quantitative estimate of drug-likeness (QED) is 0.318. The predicted molar refractivity (Wildman–Crippen MR) is 112 cm³/mol. The van der Waals surface area contributed by atoms with Crippen LogP contribution < -0.4 is 9.47 Å². The molecule has 0 bridgehead atoms. The van der Waals surface area contributed by atoms with E-state index in [1.807, 2.05) is 17.0 Å². The molecule has 162 valence electrons. The molecule has 30 heavy (non-hydrogen) atoms. The number of pyridine rings is 1. The van der Waals surface area contributed by atoms with Crippen molar-refractivity contribution in [2.45, 2.75) is 51.5 Å². The number of carboxylic acids is 1. The number of hydrogen-bond acceptors (Lipinski definition) is 5.